The average molecular weight is 302 g/mol. The Kier molecular flexibility index (Phi) is 4.93. The number of amides is 1. The Morgan fingerprint density at radius 2 is 2.00 bits per heavy atom. The van der Waals surface area contributed by atoms with Crippen LogP contribution in [0.15, 0.2) is 29.1 Å². The molecule has 6 heteroatoms. The summed E-state index contributed by atoms with van der Waals surface area (Å²) in [5.41, 5.74) is 1.92. The first-order valence-electron chi connectivity index (χ1n) is 7.08. The molecule has 0 saturated heterocycles. The molecule has 0 spiro atoms. The van der Waals surface area contributed by atoms with E-state index in [4.69, 9.17) is 4.74 Å². The Labute approximate surface area is 127 Å². The zero-order valence-corrected chi connectivity index (χ0v) is 12.6. The van der Waals surface area contributed by atoms with Crippen LogP contribution in [0.5, 0.6) is 0 Å². The second-order valence-electron chi connectivity index (χ2n) is 4.93. The third-order valence-corrected chi connectivity index (χ3v) is 3.20. The molecule has 2 aromatic rings. The summed E-state index contributed by atoms with van der Waals surface area (Å²) in [6.07, 6.45) is 0.102. The smallest absolute Gasteiger partial charge is 0.306 e. The number of nitrogens with one attached hydrogen (secondary N) is 2. The molecule has 0 unspecified atom stereocenters. The second kappa shape index (κ2) is 6.89. The minimum atomic E-state index is -0.392. The van der Waals surface area contributed by atoms with Crippen molar-refractivity contribution in [3.8, 4) is 0 Å². The highest BCUT2D eigenvalue weighted by molar-refractivity contribution is 5.95. The molecule has 0 aliphatic heterocycles. The van der Waals surface area contributed by atoms with Crippen molar-refractivity contribution in [2.45, 2.75) is 26.7 Å². The molecule has 0 bridgehead atoms. The molecule has 2 rings (SSSR count). The van der Waals surface area contributed by atoms with Crippen LogP contribution in [0.2, 0.25) is 0 Å². The lowest BCUT2D eigenvalue weighted by molar-refractivity contribution is -0.144. The molecule has 0 aliphatic carbocycles. The van der Waals surface area contributed by atoms with Gasteiger partial charge in [-0.25, -0.2) is 0 Å². The molecule has 1 aromatic carbocycles. The summed E-state index contributed by atoms with van der Waals surface area (Å²) in [6, 6.07) is 6.82. The van der Waals surface area contributed by atoms with Gasteiger partial charge in [-0.1, -0.05) is 6.07 Å². The number of aryl methyl sites for hydroxylation is 1. The molecule has 2 N–H and O–H groups in total. The number of anilines is 1. The van der Waals surface area contributed by atoms with E-state index in [0.29, 0.717) is 17.8 Å². The summed E-state index contributed by atoms with van der Waals surface area (Å²) >= 11 is 0. The standard InChI is InChI=1S/C16H18N2O4/c1-3-22-16(21)7-6-14(19)17-11-4-5-12-10(2)8-15(20)18-13(12)9-11/h4-5,8-9H,3,6-7H2,1-2H3,(H,17,19)(H,18,20). The first-order chi connectivity index (χ1) is 10.5. The van der Waals surface area contributed by atoms with Crippen LogP contribution in [-0.2, 0) is 14.3 Å². The molecule has 1 aromatic heterocycles. The predicted octanol–water partition coefficient (Wildman–Crippen LogP) is 2.12. The molecule has 22 heavy (non-hydrogen) atoms. The van der Waals surface area contributed by atoms with Crippen LogP contribution >= 0.6 is 0 Å². The van der Waals surface area contributed by atoms with Gasteiger partial charge >= 0.3 is 5.97 Å². The molecule has 0 fully saturated rings. The van der Waals surface area contributed by atoms with Crippen LogP contribution in [0.4, 0.5) is 5.69 Å². The third kappa shape index (κ3) is 3.94. The van der Waals surface area contributed by atoms with E-state index in [0.717, 1.165) is 10.9 Å². The van der Waals surface area contributed by atoms with Crippen molar-refractivity contribution in [1.82, 2.24) is 4.98 Å². The van der Waals surface area contributed by atoms with Crippen molar-refractivity contribution in [2.75, 3.05) is 11.9 Å². The van der Waals surface area contributed by atoms with E-state index in [1.807, 2.05) is 13.0 Å². The number of aromatic amines is 1. The molecule has 0 radical (unpaired) electrons. The van der Waals surface area contributed by atoms with Crippen molar-refractivity contribution >= 4 is 28.5 Å². The Morgan fingerprint density at radius 1 is 1.23 bits per heavy atom. The fraction of sp³-hybridized carbons (Fsp3) is 0.312. The maximum atomic E-state index is 11.8. The van der Waals surface area contributed by atoms with Crippen LogP contribution in [0, 0.1) is 6.92 Å². The summed E-state index contributed by atoms with van der Waals surface area (Å²) < 4.78 is 4.77. The van der Waals surface area contributed by atoms with Gasteiger partial charge in [0.15, 0.2) is 0 Å². The summed E-state index contributed by atoms with van der Waals surface area (Å²) in [4.78, 5) is 37.2. The van der Waals surface area contributed by atoms with Gasteiger partial charge in [0.25, 0.3) is 0 Å². The lowest BCUT2D eigenvalue weighted by atomic mass is 10.1. The first-order valence-corrected chi connectivity index (χ1v) is 7.08. The number of carbonyl (C=O) groups excluding carboxylic acids is 2. The Hall–Kier alpha value is -2.63. The minimum absolute atomic E-state index is 0.0448. The molecule has 116 valence electrons. The molecule has 1 amide bonds. The SMILES string of the molecule is CCOC(=O)CCC(=O)Nc1ccc2c(C)cc(=O)[nH]c2c1. The maximum absolute atomic E-state index is 11.8. The molecule has 0 saturated carbocycles. The van der Waals surface area contributed by atoms with E-state index in [-0.39, 0.29) is 24.3 Å². The number of hydrogen-bond donors (Lipinski definition) is 2. The predicted molar refractivity (Wildman–Crippen MR) is 83.8 cm³/mol. The Balaban J connectivity index is 2.07. The Bertz CT molecular complexity index is 764. The number of hydrogen-bond acceptors (Lipinski definition) is 4. The lowest BCUT2D eigenvalue weighted by Gasteiger charge is -2.07. The van der Waals surface area contributed by atoms with E-state index >= 15 is 0 Å². The van der Waals surface area contributed by atoms with Crippen LogP contribution in [0.1, 0.15) is 25.3 Å². The fourth-order valence-corrected chi connectivity index (χ4v) is 2.18. The van der Waals surface area contributed by atoms with Crippen LogP contribution in [0.3, 0.4) is 0 Å². The molecular formula is C16H18N2O4. The van der Waals surface area contributed by atoms with Gasteiger partial charge in [0.05, 0.1) is 18.5 Å². The second-order valence-corrected chi connectivity index (χ2v) is 4.93. The van der Waals surface area contributed by atoms with Gasteiger partial charge in [0.1, 0.15) is 0 Å². The summed E-state index contributed by atoms with van der Waals surface area (Å²) in [5.74, 6) is -0.668. The fourth-order valence-electron chi connectivity index (χ4n) is 2.18. The van der Waals surface area contributed by atoms with Crippen molar-refractivity contribution in [2.24, 2.45) is 0 Å². The average Bonchev–Trinajstić information content (AvgIpc) is 2.45. The van der Waals surface area contributed by atoms with Crippen molar-refractivity contribution in [1.29, 1.82) is 0 Å². The number of benzene rings is 1. The van der Waals surface area contributed by atoms with Gasteiger partial charge in [-0.15, -0.1) is 0 Å². The minimum Gasteiger partial charge on any atom is -0.466 e. The van der Waals surface area contributed by atoms with Crippen LogP contribution in [-0.4, -0.2) is 23.5 Å². The highest BCUT2D eigenvalue weighted by Crippen LogP contribution is 2.19. The summed E-state index contributed by atoms with van der Waals surface area (Å²) in [6.45, 7) is 3.88. The highest BCUT2D eigenvalue weighted by atomic mass is 16.5. The van der Waals surface area contributed by atoms with Crippen molar-refractivity contribution < 1.29 is 14.3 Å². The van der Waals surface area contributed by atoms with E-state index in [1.165, 1.54) is 6.07 Å². The van der Waals surface area contributed by atoms with Crippen LogP contribution in [0.25, 0.3) is 10.9 Å². The van der Waals surface area contributed by atoms with Gasteiger partial charge in [0.2, 0.25) is 11.5 Å². The third-order valence-electron chi connectivity index (χ3n) is 3.20. The van der Waals surface area contributed by atoms with Crippen molar-refractivity contribution in [3.05, 3.63) is 40.2 Å². The monoisotopic (exact) mass is 302 g/mol. The zero-order chi connectivity index (χ0) is 16.1. The van der Waals surface area contributed by atoms with Gasteiger partial charge in [0, 0.05) is 23.6 Å². The maximum Gasteiger partial charge on any atom is 0.306 e. The quantitative estimate of drug-likeness (QED) is 0.828. The number of rotatable bonds is 5. The highest BCUT2D eigenvalue weighted by Gasteiger charge is 2.08. The number of aromatic nitrogens is 1. The van der Waals surface area contributed by atoms with E-state index in [1.54, 1.807) is 19.1 Å². The molecule has 0 atom stereocenters. The molecule has 0 aliphatic rings. The largest absolute Gasteiger partial charge is 0.466 e. The van der Waals surface area contributed by atoms with Crippen LogP contribution < -0.4 is 10.9 Å². The topological polar surface area (TPSA) is 88.3 Å². The van der Waals surface area contributed by atoms with Gasteiger partial charge in [-0.3, -0.25) is 14.4 Å². The zero-order valence-electron chi connectivity index (χ0n) is 12.6. The molecule has 6 nitrogen and oxygen atoms in total. The number of ether oxygens (including phenoxy) is 1. The Morgan fingerprint density at radius 3 is 2.73 bits per heavy atom. The van der Waals surface area contributed by atoms with Crippen molar-refractivity contribution in [3.63, 3.8) is 0 Å². The normalized spacial score (nSPS) is 10.5. The molecular weight excluding hydrogens is 284 g/mol. The number of fused-ring (bicyclic) bond motifs is 1. The first kappa shape index (κ1) is 15.8. The summed E-state index contributed by atoms with van der Waals surface area (Å²) in [7, 11) is 0. The van der Waals surface area contributed by atoms with Gasteiger partial charge in [-0.2, -0.15) is 0 Å². The number of pyridine rings is 1. The molecule has 1 heterocycles. The van der Waals surface area contributed by atoms with E-state index in [2.05, 4.69) is 10.3 Å². The number of H-pyrrole nitrogens is 1. The number of esters is 1. The lowest BCUT2D eigenvalue weighted by Crippen LogP contribution is -2.14. The number of carbonyl (C=O) groups is 2. The van der Waals surface area contributed by atoms with Gasteiger partial charge < -0.3 is 15.0 Å². The van der Waals surface area contributed by atoms with Gasteiger partial charge in [-0.05, 0) is 31.5 Å². The summed E-state index contributed by atoms with van der Waals surface area (Å²) in [5, 5.41) is 3.62. The van der Waals surface area contributed by atoms with E-state index < -0.39 is 5.97 Å². The van der Waals surface area contributed by atoms with E-state index in [9.17, 15) is 14.4 Å².